The lowest BCUT2D eigenvalue weighted by Crippen LogP contribution is -2.52. The van der Waals surface area contributed by atoms with E-state index in [2.05, 4.69) is 24.1 Å². The molecule has 2 aliphatic rings. The van der Waals surface area contributed by atoms with E-state index in [0.717, 1.165) is 18.4 Å². The van der Waals surface area contributed by atoms with Crippen LogP contribution in [-0.2, 0) is 4.74 Å². The topological polar surface area (TPSA) is 24.5 Å². The molecule has 2 fully saturated rings. The van der Waals surface area contributed by atoms with Crippen molar-refractivity contribution in [3.05, 3.63) is 0 Å². The van der Waals surface area contributed by atoms with Gasteiger partial charge in [-0.1, -0.05) is 0 Å². The summed E-state index contributed by atoms with van der Waals surface area (Å²) in [6.07, 6.45) is 5.24. The molecule has 0 aromatic heterocycles. The third kappa shape index (κ3) is 3.67. The number of likely N-dealkylation sites (tertiary alicyclic amines) is 1. The van der Waals surface area contributed by atoms with Gasteiger partial charge in [0, 0.05) is 26.2 Å². The van der Waals surface area contributed by atoms with Crippen LogP contribution in [-0.4, -0.2) is 49.8 Å². The van der Waals surface area contributed by atoms with Gasteiger partial charge >= 0.3 is 0 Å². The van der Waals surface area contributed by atoms with Crippen LogP contribution in [0.25, 0.3) is 0 Å². The van der Waals surface area contributed by atoms with Crippen LogP contribution in [0, 0.1) is 5.92 Å². The van der Waals surface area contributed by atoms with Gasteiger partial charge in [-0.05, 0) is 58.5 Å². The molecule has 3 heteroatoms. The van der Waals surface area contributed by atoms with Crippen molar-refractivity contribution in [1.82, 2.24) is 10.2 Å². The van der Waals surface area contributed by atoms with Crippen LogP contribution in [0.1, 0.15) is 39.5 Å². The van der Waals surface area contributed by atoms with Crippen LogP contribution >= 0.6 is 0 Å². The molecule has 0 aromatic rings. The molecule has 100 valence electrons. The second-order valence-corrected chi connectivity index (χ2v) is 6.27. The summed E-state index contributed by atoms with van der Waals surface area (Å²) < 4.78 is 5.50. The first-order valence-electron chi connectivity index (χ1n) is 7.11. The van der Waals surface area contributed by atoms with Crippen molar-refractivity contribution in [2.45, 2.75) is 51.2 Å². The maximum Gasteiger partial charge on any atom is 0.0634 e. The highest BCUT2D eigenvalue weighted by Crippen LogP contribution is 2.25. The normalized spacial score (nSPS) is 31.2. The number of ether oxygens (including phenoxy) is 1. The average Bonchev–Trinajstić information content (AvgIpc) is 2.36. The Balaban J connectivity index is 1.76. The van der Waals surface area contributed by atoms with E-state index >= 15 is 0 Å². The zero-order valence-corrected chi connectivity index (χ0v) is 11.7. The number of nitrogens with zero attached hydrogens (tertiary/aromatic N) is 1. The maximum atomic E-state index is 5.50. The quantitative estimate of drug-likeness (QED) is 0.812. The average molecular weight is 240 g/mol. The first-order chi connectivity index (χ1) is 8.11. The fourth-order valence-corrected chi connectivity index (χ4v) is 3.05. The summed E-state index contributed by atoms with van der Waals surface area (Å²) in [7, 11) is 1.82. The van der Waals surface area contributed by atoms with Gasteiger partial charge in [0.05, 0.1) is 5.60 Å². The molecular formula is C14H28N2O. The summed E-state index contributed by atoms with van der Waals surface area (Å²) in [6.45, 7) is 9.33. The minimum atomic E-state index is 0.0294. The third-order valence-electron chi connectivity index (χ3n) is 4.56. The van der Waals surface area contributed by atoms with Gasteiger partial charge in [0.15, 0.2) is 0 Å². The lowest BCUT2D eigenvalue weighted by Gasteiger charge is -2.42. The van der Waals surface area contributed by atoms with Gasteiger partial charge < -0.3 is 15.0 Å². The van der Waals surface area contributed by atoms with Crippen molar-refractivity contribution < 1.29 is 4.74 Å². The van der Waals surface area contributed by atoms with Gasteiger partial charge in [-0.25, -0.2) is 0 Å². The number of fused-ring (bicyclic) bond motifs is 1. The van der Waals surface area contributed by atoms with Crippen molar-refractivity contribution in [3.63, 3.8) is 0 Å². The Bertz CT molecular complexity index is 242. The van der Waals surface area contributed by atoms with Gasteiger partial charge in [0.25, 0.3) is 0 Å². The Hall–Kier alpha value is -0.120. The van der Waals surface area contributed by atoms with E-state index in [1.54, 1.807) is 0 Å². The highest BCUT2D eigenvalue weighted by Gasteiger charge is 2.31. The smallest absolute Gasteiger partial charge is 0.0634 e. The summed E-state index contributed by atoms with van der Waals surface area (Å²) in [5.74, 6) is 0.892. The lowest BCUT2D eigenvalue weighted by molar-refractivity contribution is 0.00151. The van der Waals surface area contributed by atoms with Crippen molar-refractivity contribution in [3.8, 4) is 0 Å². The molecule has 0 amide bonds. The zero-order valence-electron chi connectivity index (χ0n) is 11.7. The van der Waals surface area contributed by atoms with E-state index in [4.69, 9.17) is 4.74 Å². The molecule has 2 atom stereocenters. The van der Waals surface area contributed by atoms with E-state index in [1.807, 2.05) is 7.11 Å². The fourth-order valence-electron chi connectivity index (χ4n) is 3.05. The molecule has 17 heavy (non-hydrogen) atoms. The summed E-state index contributed by atoms with van der Waals surface area (Å²) in [5, 5.41) is 3.67. The van der Waals surface area contributed by atoms with Crippen LogP contribution in [0.5, 0.6) is 0 Å². The molecule has 3 nitrogen and oxygen atoms in total. The summed E-state index contributed by atoms with van der Waals surface area (Å²) >= 11 is 0. The van der Waals surface area contributed by atoms with Crippen molar-refractivity contribution in [2.24, 2.45) is 5.92 Å². The molecule has 1 N–H and O–H groups in total. The molecule has 0 saturated carbocycles. The summed E-state index contributed by atoms with van der Waals surface area (Å²) in [4.78, 5) is 2.63. The molecule has 2 saturated heterocycles. The molecule has 2 unspecified atom stereocenters. The number of hydrogen-bond acceptors (Lipinski definition) is 3. The predicted molar refractivity (Wildman–Crippen MR) is 71.3 cm³/mol. The highest BCUT2D eigenvalue weighted by atomic mass is 16.5. The first kappa shape index (κ1) is 13.3. The Kier molecular flexibility index (Phi) is 4.45. The SMILES string of the molecule is COC(C)(C)CCN1CCC2NCCCC2C1. The van der Waals surface area contributed by atoms with E-state index < -0.39 is 0 Å². The first-order valence-corrected chi connectivity index (χ1v) is 7.11. The summed E-state index contributed by atoms with van der Waals surface area (Å²) in [6, 6.07) is 0.801. The van der Waals surface area contributed by atoms with Crippen LogP contribution < -0.4 is 5.32 Å². The van der Waals surface area contributed by atoms with Gasteiger partial charge in [0.2, 0.25) is 0 Å². The van der Waals surface area contributed by atoms with Gasteiger partial charge in [0.1, 0.15) is 0 Å². The van der Waals surface area contributed by atoms with Crippen LogP contribution in [0.2, 0.25) is 0 Å². The van der Waals surface area contributed by atoms with E-state index in [1.165, 1.54) is 45.4 Å². The largest absolute Gasteiger partial charge is 0.379 e. The van der Waals surface area contributed by atoms with Crippen molar-refractivity contribution >= 4 is 0 Å². The fraction of sp³-hybridized carbons (Fsp3) is 1.00. The number of piperidine rings is 2. The molecule has 0 bridgehead atoms. The molecule has 0 radical (unpaired) electrons. The third-order valence-corrected chi connectivity index (χ3v) is 4.56. The standard InChI is InChI=1S/C14H28N2O/c1-14(2,17-3)7-10-16-9-6-13-12(11-16)5-4-8-15-13/h12-13,15H,4-11H2,1-3H3. The van der Waals surface area contributed by atoms with Gasteiger partial charge in [-0.3, -0.25) is 0 Å². The molecular weight excluding hydrogens is 212 g/mol. The molecule has 0 aliphatic carbocycles. The Labute approximate surface area is 106 Å². The molecule has 0 aromatic carbocycles. The molecule has 0 spiro atoms. The minimum absolute atomic E-state index is 0.0294. The Morgan fingerprint density at radius 3 is 2.94 bits per heavy atom. The van der Waals surface area contributed by atoms with Crippen LogP contribution in [0.3, 0.4) is 0 Å². The van der Waals surface area contributed by atoms with E-state index in [9.17, 15) is 0 Å². The number of rotatable bonds is 4. The molecule has 2 aliphatic heterocycles. The van der Waals surface area contributed by atoms with Crippen molar-refractivity contribution in [2.75, 3.05) is 33.3 Å². The zero-order chi connectivity index (χ0) is 12.3. The molecule has 2 heterocycles. The number of nitrogens with one attached hydrogen (secondary N) is 1. The lowest BCUT2D eigenvalue weighted by atomic mass is 9.85. The Morgan fingerprint density at radius 2 is 2.18 bits per heavy atom. The monoisotopic (exact) mass is 240 g/mol. The van der Waals surface area contributed by atoms with Crippen molar-refractivity contribution in [1.29, 1.82) is 0 Å². The van der Waals surface area contributed by atoms with Crippen LogP contribution in [0.15, 0.2) is 0 Å². The van der Waals surface area contributed by atoms with Gasteiger partial charge in [-0.2, -0.15) is 0 Å². The molecule has 2 rings (SSSR count). The number of methoxy groups -OCH3 is 1. The number of hydrogen-bond donors (Lipinski definition) is 1. The second-order valence-electron chi connectivity index (χ2n) is 6.27. The second kappa shape index (κ2) is 5.68. The Morgan fingerprint density at radius 1 is 1.35 bits per heavy atom. The van der Waals surface area contributed by atoms with E-state index in [-0.39, 0.29) is 5.60 Å². The predicted octanol–water partition coefficient (Wildman–Crippen LogP) is 1.88. The van der Waals surface area contributed by atoms with E-state index in [0.29, 0.717) is 0 Å². The minimum Gasteiger partial charge on any atom is -0.379 e. The maximum absolute atomic E-state index is 5.50. The van der Waals surface area contributed by atoms with Crippen LogP contribution in [0.4, 0.5) is 0 Å². The summed E-state index contributed by atoms with van der Waals surface area (Å²) in [5.41, 5.74) is 0.0294. The van der Waals surface area contributed by atoms with Gasteiger partial charge in [-0.15, -0.1) is 0 Å². The highest BCUT2D eigenvalue weighted by molar-refractivity contribution is 4.88.